The quantitative estimate of drug-likeness (QED) is 0.525. The number of fused-ring (bicyclic) bond motifs is 4. The Morgan fingerprint density at radius 3 is 2.52 bits per heavy atom. The highest BCUT2D eigenvalue weighted by Crippen LogP contribution is 2.74. The van der Waals surface area contributed by atoms with Crippen molar-refractivity contribution >= 4 is 0 Å². The molecule has 29 heavy (non-hydrogen) atoms. The van der Waals surface area contributed by atoms with Gasteiger partial charge in [-0.05, 0) is 85.9 Å². The standard InChI is InChI=1S/C27H46O2/c1-17(2)7-6-8-18(3)21-9-10-22-20-15-24-27(29-24)16-19(28)11-14-26(27,5)23(20)12-13-25(21,22)4/h17-24,28H,6-16H2,1-5H3/t18?,19?,20?,21?,22?,23?,24?,25-,26-,27-/m1/s1. The second kappa shape index (κ2) is 6.96. The fraction of sp³-hybridized carbons (Fsp3) is 1.00. The van der Waals surface area contributed by atoms with E-state index in [1.54, 1.807) is 0 Å². The number of hydrogen-bond donors (Lipinski definition) is 1. The van der Waals surface area contributed by atoms with Crippen LogP contribution in [0.2, 0.25) is 0 Å². The van der Waals surface area contributed by atoms with E-state index in [9.17, 15) is 5.11 Å². The third-order valence-electron chi connectivity index (χ3n) is 11.3. The van der Waals surface area contributed by atoms with E-state index in [2.05, 4.69) is 34.6 Å². The first kappa shape index (κ1) is 20.8. The highest BCUT2D eigenvalue weighted by Gasteiger charge is 2.76. The molecule has 1 spiro atoms. The predicted molar refractivity (Wildman–Crippen MR) is 119 cm³/mol. The maximum atomic E-state index is 10.4. The van der Waals surface area contributed by atoms with Crippen LogP contribution in [0.5, 0.6) is 0 Å². The molecule has 166 valence electrons. The molecule has 0 amide bonds. The lowest BCUT2D eigenvalue weighted by molar-refractivity contribution is -0.116. The van der Waals surface area contributed by atoms with E-state index >= 15 is 0 Å². The Morgan fingerprint density at radius 1 is 0.966 bits per heavy atom. The summed E-state index contributed by atoms with van der Waals surface area (Å²) in [6.45, 7) is 12.6. The van der Waals surface area contributed by atoms with Gasteiger partial charge in [0.1, 0.15) is 5.60 Å². The third-order valence-corrected chi connectivity index (χ3v) is 11.3. The monoisotopic (exact) mass is 402 g/mol. The van der Waals surface area contributed by atoms with Crippen LogP contribution in [0.15, 0.2) is 0 Å². The molecule has 1 N–H and O–H groups in total. The number of rotatable bonds is 5. The summed E-state index contributed by atoms with van der Waals surface area (Å²) in [7, 11) is 0. The Bertz CT molecular complexity index is 630. The van der Waals surface area contributed by atoms with Crippen molar-refractivity contribution in [3.05, 3.63) is 0 Å². The first-order valence-corrected chi connectivity index (χ1v) is 13.1. The van der Waals surface area contributed by atoms with Crippen LogP contribution >= 0.6 is 0 Å². The molecule has 1 saturated heterocycles. The fourth-order valence-electron chi connectivity index (χ4n) is 9.68. The molecule has 0 aromatic rings. The summed E-state index contributed by atoms with van der Waals surface area (Å²) >= 11 is 0. The van der Waals surface area contributed by atoms with Crippen LogP contribution in [0, 0.1) is 46.3 Å². The number of aliphatic hydroxyl groups is 1. The second-order valence-corrected chi connectivity index (χ2v) is 13.0. The van der Waals surface area contributed by atoms with Crippen molar-refractivity contribution in [1.29, 1.82) is 0 Å². The highest BCUT2D eigenvalue weighted by atomic mass is 16.6. The minimum absolute atomic E-state index is 0.0434. The molecular weight excluding hydrogens is 356 g/mol. The molecule has 5 fully saturated rings. The van der Waals surface area contributed by atoms with Crippen molar-refractivity contribution in [3.8, 4) is 0 Å². The van der Waals surface area contributed by atoms with Gasteiger partial charge >= 0.3 is 0 Å². The lowest BCUT2D eigenvalue weighted by Gasteiger charge is -2.59. The molecule has 0 aromatic heterocycles. The van der Waals surface area contributed by atoms with Crippen molar-refractivity contribution in [2.45, 2.75) is 123 Å². The zero-order valence-corrected chi connectivity index (χ0v) is 19.8. The number of epoxide rings is 1. The molecule has 5 rings (SSSR count). The summed E-state index contributed by atoms with van der Waals surface area (Å²) in [4.78, 5) is 0. The molecule has 0 aromatic carbocycles. The SMILES string of the molecule is CC(C)CCCC(C)C1CCC2C3CC4O[C@]45CC(O)CC[C@]5(C)C3CC[C@]12C. The molecule has 5 aliphatic rings. The maximum absolute atomic E-state index is 10.4. The zero-order chi connectivity index (χ0) is 20.6. The van der Waals surface area contributed by atoms with Crippen molar-refractivity contribution in [2.75, 3.05) is 0 Å². The predicted octanol–water partition coefficient (Wildman–Crippen LogP) is 6.60. The van der Waals surface area contributed by atoms with Gasteiger partial charge in [-0.2, -0.15) is 0 Å². The van der Waals surface area contributed by atoms with Crippen molar-refractivity contribution in [3.63, 3.8) is 0 Å². The van der Waals surface area contributed by atoms with E-state index in [4.69, 9.17) is 4.74 Å². The van der Waals surface area contributed by atoms with Crippen LogP contribution < -0.4 is 0 Å². The van der Waals surface area contributed by atoms with Gasteiger partial charge in [0.15, 0.2) is 0 Å². The van der Waals surface area contributed by atoms with Crippen LogP contribution in [0.25, 0.3) is 0 Å². The van der Waals surface area contributed by atoms with E-state index in [1.807, 2.05) is 0 Å². The molecule has 0 bridgehead atoms. The molecule has 7 unspecified atom stereocenters. The third kappa shape index (κ3) is 2.94. The first-order chi connectivity index (χ1) is 13.7. The van der Waals surface area contributed by atoms with Crippen molar-refractivity contribution < 1.29 is 9.84 Å². The van der Waals surface area contributed by atoms with Crippen LogP contribution in [0.3, 0.4) is 0 Å². The first-order valence-electron chi connectivity index (χ1n) is 13.1. The smallest absolute Gasteiger partial charge is 0.103 e. The van der Waals surface area contributed by atoms with Gasteiger partial charge in [-0.25, -0.2) is 0 Å². The molecule has 4 aliphatic carbocycles. The highest BCUT2D eigenvalue weighted by molar-refractivity contribution is 5.24. The van der Waals surface area contributed by atoms with Crippen LogP contribution in [0.4, 0.5) is 0 Å². The topological polar surface area (TPSA) is 32.8 Å². The summed E-state index contributed by atoms with van der Waals surface area (Å²) in [5.41, 5.74) is 0.932. The molecule has 0 radical (unpaired) electrons. The molecule has 1 aliphatic heterocycles. The Labute approximate surface area is 179 Å². The van der Waals surface area contributed by atoms with Gasteiger partial charge in [0.05, 0.1) is 12.2 Å². The number of aliphatic hydroxyl groups excluding tert-OH is 1. The van der Waals surface area contributed by atoms with E-state index in [0.29, 0.717) is 16.9 Å². The lowest BCUT2D eigenvalue weighted by atomic mass is 9.44. The largest absolute Gasteiger partial charge is 0.393 e. The minimum atomic E-state index is -0.124. The van der Waals surface area contributed by atoms with Crippen molar-refractivity contribution in [1.82, 2.24) is 0 Å². The van der Waals surface area contributed by atoms with Gasteiger partial charge in [-0.15, -0.1) is 0 Å². The van der Waals surface area contributed by atoms with Crippen LogP contribution in [0.1, 0.15) is 105 Å². The summed E-state index contributed by atoms with van der Waals surface area (Å²) < 4.78 is 6.51. The summed E-state index contributed by atoms with van der Waals surface area (Å²) in [6.07, 6.45) is 14.8. The second-order valence-electron chi connectivity index (χ2n) is 13.0. The normalized spacial score (nSPS) is 54.3. The average Bonchev–Trinajstić information content (AvgIpc) is 3.22. The Morgan fingerprint density at radius 2 is 1.76 bits per heavy atom. The molecule has 2 heteroatoms. The van der Waals surface area contributed by atoms with E-state index < -0.39 is 0 Å². The Hall–Kier alpha value is -0.0800. The van der Waals surface area contributed by atoms with Gasteiger partial charge in [-0.1, -0.05) is 53.9 Å². The van der Waals surface area contributed by atoms with E-state index in [0.717, 1.165) is 48.3 Å². The van der Waals surface area contributed by atoms with Gasteiger partial charge in [0.2, 0.25) is 0 Å². The summed E-state index contributed by atoms with van der Waals surface area (Å²) in [5.74, 6) is 5.31. The van der Waals surface area contributed by atoms with E-state index in [1.165, 1.54) is 57.8 Å². The van der Waals surface area contributed by atoms with Gasteiger partial charge in [-0.3, -0.25) is 0 Å². The summed E-state index contributed by atoms with van der Waals surface area (Å²) in [5, 5.41) is 10.4. The maximum Gasteiger partial charge on any atom is 0.103 e. The molecule has 4 saturated carbocycles. The van der Waals surface area contributed by atoms with E-state index in [-0.39, 0.29) is 11.7 Å². The van der Waals surface area contributed by atoms with Gasteiger partial charge < -0.3 is 9.84 Å². The average molecular weight is 403 g/mol. The molecule has 1 heterocycles. The van der Waals surface area contributed by atoms with Crippen LogP contribution in [-0.4, -0.2) is 22.9 Å². The van der Waals surface area contributed by atoms with Gasteiger partial charge in [0, 0.05) is 11.8 Å². The lowest BCUT2D eigenvalue weighted by Crippen LogP contribution is -2.58. The molecule has 10 atom stereocenters. The Kier molecular flexibility index (Phi) is 4.99. The number of hydrogen-bond acceptors (Lipinski definition) is 2. The molecule has 2 nitrogen and oxygen atoms in total. The Balaban J connectivity index is 1.33. The zero-order valence-electron chi connectivity index (χ0n) is 19.8. The number of ether oxygens (including phenoxy) is 1. The van der Waals surface area contributed by atoms with Crippen LogP contribution in [-0.2, 0) is 4.74 Å². The summed E-state index contributed by atoms with van der Waals surface area (Å²) in [6, 6.07) is 0. The van der Waals surface area contributed by atoms with Gasteiger partial charge in [0.25, 0.3) is 0 Å². The minimum Gasteiger partial charge on any atom is -0.393 e. The fourth-order valence-corrected chi connectivity index (χ4v) is 9.68. The van der Waals surface area contributed by atoms with Crippen molar-refractivity contribution in [2.24, 2.45) is 46.3 Å². The molecular formula is C27H46O2.